The lowest BCUT2D eigenvalue weighted by Crippen LogP contribution is -2.30. The van der Waals surface area contributed by atoms with Crippen LogP contribution < -0.4 is 11.1 Å². The van der Waals surface area contributed by atoms with Crippen LogP contribution in [0.4, 0.5) is 4.79 Å². The Kier molecular flexibility index (Phi) is 5.00. The van der Waals surface area contributed by atoms with Crippen LogP contribution in [0, 0.1) is 5.92 Å². The number of hydrogen-bond donors (Lipinski definition) is 2. The minimum Gasteiger partial charge on any atom is -0.465 e. The Morgan fingerprint density at radius 1 is 1.45 bits per heavy atom. The van der Waals surface area contributed by atoms with Gasteiger partial charge in [-0.05, 0) is 36.5 Å². The maximum Gasteiger partial charge on any atom is 0.312 e. The molecule has 1 aromatic carbocycles. The summed E-state index contributed by atoms with van der Waals surface area (Å²) >= 11 is 3.43. The molecule has 1 aromatic rings. The molecule has 0 aromatic heterocycles. The molecule has 6 heteroatoms. The van der Waals surface area contributed by atoms with E-state index < -0.39 is 6.03 Å². The highest BCUT2D eigenvalue weighted by Crippen LogP contribution is 2.48. The van der Waals surface area contributed by atoms with Crippen molar-refractivity contribution in [1.29, 1.82) is 0 Å². The van der Waals surface area contributed by atoms with Crippen LogP contribution in [0.1, 0.15) is 24.3 Å². The number of benzene rings is 1. The molecule has 5 nitrogen and oxygen atoms in total. The Labute approximate surface area is 126 Å². The van der Waals surface area contributed by atoms with Gasteiger partial charge in [0.15, 0.2) is 0 Å². The Hall–Kier alpha value is -1.56. The number of halogens is 1. The molecular weight excluding hydrogens is 324 g/mol. The normalized spacial score (nSPS) is 20.2. The fourth-order valence-electron chi connectivity index (χ4n) is 2.12. The van der Waals surface area contributed by atoms with E-state index in [0.717, 1.165) is 16.5 Å². The number of nitrogens with one attached hydrogen (secondary N) is 1. The lowest BCUT2D eigenvalue weighted by atomic mass is 10.1. The minimum absolute atomic E-state index is 0.0339. The molecule has 2 atom stereocenters. The summed E-state index contributed by atoms with van der Waals surface area (Å²) in [4.78, 5) is 22.3. The first kappa shape index (κ1) is 14.8. The molecule has 2 unspecified atom stereocenters. The second-order valence-corrected chi connectivity index (χ2v) is 5.73. The first-order chi connectivity index (χ1) is 9.58. The molecule has 1 fully saturated rings. The van der Waals surface area contributed by atoms with E-state index in [1.165, 1.54) is 0 Å². The molecule has 0 spiro atoms. The zero-order chi connectivity index (χ0) is 14.5. The van der Waals surface area contributed by atoms with Gasteiger partial charge in [-0.3, -0.25) is 4.79 Å². The van der Waals surface area contributed by atoms with Crippen LogP contribution in [0.2, 0.25) is 0 Å². The van der Waals surface area contributed by atoms with Crippen molar-refractivity contribution < 1.29 is 14.3 Å². The molecular formula is C14H17BrN2O3. The summed E-state index contributed by atoms with van der Waals surface area (Å²) < 4.78 is 6.21. The van der Waals surface area contributed by atoms with Gasteiger partial charge in [0.05, 0.1) is 12.5 Å². The van der Waals surface area contributed by atoms with Crippen LogP contribution in [-0.2, 0) is 9.53 Å². The highest BCUT2D eigenvalue weighted by atomic mass is 79.9. The van der Waals surface area contributed by atoms with Crippen molar-refractivity contribution in [3.8, 4) is 0 Å². The Morgan fingerprint density at radius 2 is 2.25 bits per heavy atom. The fraction of sp³-hybridized carbons (Fsp3) is 0.429. The predicted octanol–water partition coefficient (Wildman–Crippen LogP) is 2.15. The van der Waals surface area contributed by atoms with Crippen molar-refractivity contribution >= 4 is 27.9 Å². The smallest absolute Gasteiger partial charge is 0.312 e. The molecule has 2 rings (SSSR count). The van der Waals surface area contributed by atoms with Gasteiger partial charge in [-0.1, -0.05) is 28.1 Å². The maximum atomic E-state index is 11.8. The summed E-state index contributed by atoms with van der Waals surface area (Å²) in [6.07, 6.45) is 1.41. The molecule has 0 aliphatic heterocycles. The van der Waals surface area contributed by atoms with Crippen molar-refractivity contribution in [2.24, 2.45) is 11.7 Å². The van der Waals surface area contributed by atoms with Gasteiger partial charge in [-0.25, -0.2) is 4.79 Å². The average molecular weight is 341 g/mol. The molecule has 2 amide bonds. The summed E-state index contributed by atoms with van der Waals surface area (Å²) in [6, 6.07) is 7.43. The number of esters is 1. The van der Waals surface area contributed by atoms with E-state index in [9.17, 15) is 9.59 Å². The maximum absolute atomic E-state index is 11.8. The number of primary amides is 1. The Bertz CT molecular complexity index is 507. The van der Waals surface area contributed by atoms with Crippen LogP contribution >= 0.6 is 15.9 Å². The zero-order valence-electron chi connectivity index (χ0n) is 11.0. The Balaban J connectivity index is 1.69. The Morgan fingerprint density at radius 3 is 2.95 bits per heavy atom. The average Bonchev–Trinajstić information content (AvgIpc) is 3.18. The van der Waals surface area contributed by atoms with E-state index in [2.05, 4.69) is 21.2 Å². The van der Waals surface area contributed by atoms with Crippen molar-refractivity contribution in [2.45, 2.75) is 18.8 Å². The number of hydrogen-bond acceptors (Lipinski definition) is 3. The topological polar surface area (TPSA) is 81.4 Å². The molecule has 20 heavy (non-hydrogen) atoms. The minimum atomic E-state index is -0.562. The third-order valence-electron chi connectivity index (χ3n) is 3.23. The van der Waals surface area contributed by atoms with Crippen LogP contribution in [-0.4, -0.2) is 25.2 Å². The van der Waals surface area contributed by atoms with Gasteiger partial charge in [-0.15, -0.1) is 0 Å². The van der Waals surface area contributed by atoms with Crippen molar-refractivity contribution in [3.05, 3.63) is 34.3 Å². The molecule has 1 aliphatic rings. The number of urea groups is 1. The summed E-state index contributed by atoms with van der Waals surface area (Å²) in [7, 11) is 0. The van der Waals surface area contributed by atoms with Gasteiger partial charge >= 0.3 is 12.0 Å². The van der Waals surface area contributed by atoms with Gasteiger partial charge in [0.1, 0.15) is 0 Å². The van der Waals surface area contributed by atoms with E-state index in [-0.39, 0.29) is 17.8 Å². The summed E-state index contributed by atoms with van der Waals surface area (Å²) in [5.41, 5.74) is 6.09. The van der Waals surface area contributed by atoms with Gasteiger partial charge in [0.25, 0.3) is 0 Å². The first-order valence-electron chi connectivity index (χ1n) is 6.53. The second-order valence-electron chi connectivity index (χ2n) is 4.82. The van der Waals surface area contributed by atoms with Crippen molar-refractivity contribution in [3.63, 3.8) is 0 Å². The SMILES string of the molecule is NC(=O)NCCCOC(=O)C1CC1c1cccc(Br)c1. The highest BCUT2D eigenvalue weighted by Gasteiger charge is 2.45. The standard InChI is InChI=1S/C14H17BrN2O3/c15-10-4-1-3-9(7-10)11-8-12(11)13(18)20-6-2-5-17-14(16)19/h1,3-4,7,11-12H,2,5-6,8H2,(H3,16,17,19). The molecule has 0 saturated heterocycles. The van der Waals surface area contributed by atoms with E-state index >= 15 is 0 Å². The van der Waals surface area contributed by atoms with Gasteiger partial charge in [-0.2, -0.15) is 0 Å². The fourth-order valence-corrected chi connectivity index (χ4v) is 2.54. The first-order valence-corrected chi connectivity index (χ1v) is 7.32. The monoisotopic (exact) mass is 340 g/mol. The van der Waals surface area contributed by atoms with Gasteiger partial charge in [0.2, 0.25) is 0 Å². The quantitative estimate of drug-likeness (QED) is 0.614. The molecule has 108 valence electrons. The molecule has 3 N–H and O–H groups in total. The molecule has 0 bridgehead atoms. The summed E-state index contributed by atoms with van der Waals surface area (Å²) in [5.74, 6) is 0.0752. The van der Waals surface area contributed by atoms with Crippen molar-refractivity contribution in [1.82, 2.24) is 5.32 Å². The zero-order valence-corrected chi connectivity index (χ0v) is 12.6. The highest BCUT2D eigenvalue weighted by molar-refractivity contribution is 9.10. The lowest BCUT2D eigenvalue weighted by molar-refractivity contribution is -0.145. The van der Waals surface area contributed by atoms with Crippen molar-refractivity contribution in [2.75, 3.05) is 13.2 Å². The van der Waals surface area contributed by atoms with Gasteiger partial charge < -0.3 is 15.8 Å². The van der Waals surface area contributed by atoms with Gasteiger partial charge in [0, 0.05) is 11.0 Å². The largest absolute Gasteiger partial charge is 0.465 e. The van der Waals surface area contributed by atoms with E-state index in [1.54, 1.807) is 0 Å². The molecule has 1 aliphatic carbocycles. The molecule has 0 heterocycles. The number of rotatable bonds is 6. The number of amides is 2. The number of carbonyl (C=O) groups is 2. The molecule has 1 saturated carbocycles. The number of ether oxygens (including phenoxy) is 1. The van der Waals surface area contributed by atoms with Crippen LogP contribution in [0.15, 0.2) is 28.7 Å². The van der Waals surface area contributed by atoms with E-state index in [4.69, 9.17) is 10.5 Å². The third-order valence-corrected chi connectivity index (χ3v) is 3.73. The molecule has 0 radical (unpaired) electrons. The van der Waals surface area contributed by atoms with E-state index in [1.807, 2.05) is 24.3 Å². The third kappa shape index (κ3) is 4.23. The van der Waals surface area contributed by atoms with E-state index in [0.29, 0.717) is 19.6 Å². The second kappa shape index (κ2) is 6.74. The predicted molar refractivity (Wildman–Crippen MR) is 78.2 cm³/mol. The summed E-state index contributed by atoms with van der Waals surface area (Å²) in [5, 5.41) is 2.45. The lowest BCUT2D eigenvalue weighted by Gasteiger charge is -2.05. The van der Waals surface area contributed by atoms with Crippen LogP contribution in [0.5, 0.6) is 0 Å². The van der Waals surface area contributed by atoms with Crippen LogP contribution in [0.3, 0.4) is 0 Å². The number of carbonyl (C=O) groups excluding carboxylic acids is 2. The summed E-state index contributed by atoms with van der Waals surface area (Å²) in [6.45, 7) is 0.725. The van der Waals surface area contributed by atoms with Crippen LogP contribution in [0.25, 0.3) is 0 Å². The number of nitrogens with two attached hydrogens (primary N) is 1.